The van der Waals surface area contributed by atoms with Gasteiger partial charge in [0.2, 0.25) is 0 Å². The van der Waals surface area contributed by atoms with Gasteiger partial charge in [-0.1, -0.05) is 27.7 Å². The molecule has 0 saturated carbocycles. The van der Waals surface area contributed by atoms with Crippen molar-refractivity contribution in [2.45, 2.75) is 40.5 Å². The van der Waals surface area contributed by atoms with Gasteiger partial charge in [0.15, 0.2) is 0 Å². The largest absolute Gasteiger partial charge is 0.478 e. The van der Waals surface area contributed by atoms with Gasteiger partial charge in [-0.3, -0.25) is 0 Å². The van der Waals surface area contributed by atoms with E-state index in [1.54, 1.807) is 0 Å². The topological polar surface area (TPSA) is 149 Å². The van der Waals surface area contributed by atoms with Gasteiger partial charge in [0.1, 0.15) is 0 Å². The van der Waals surface area contributed by atoms with Crippen molar-refractivity contribution in [3.8, 4) is 0 Å². The van der Waals surface area contributed by atoms with E-state index in [9.17, 15) is 19.2 Å². The van der Waals surface area contributed by atoms with E-state index in [4.69, 9.17) is 20.4 Å². The molecule has 8 nitrogen and oxygen atoms in total. The molecule has 0 aromatic rings. The Morgan fingerprint density at radius 1 is 0.680 bits per heavy atom. The van der Waals surface area contributed by atoms with Crippen LogP contribution in [0.2, 0.25) is 0 Å². The van der Waals surface area contributed by atoms with Gasteiger partial charge in [-0.05, 0) is 24.7 Å². The average molecular weight is 410 g/mol. The molecule has 0 unspecified atom stereocenters. The number of carboxylic acids is 4. The number of carboxylic acid groups (broad SMARTS) is 4. The Kier molecular flexibility index (Phi) is 16.0. The maximum atomic E-state index is 10.4. The minimum absolute atomic E-state index is 0. The third-order valence-electron chi connectivity index (χ3n) is 2.40. The van der Waals surface area contributed by atoms with E-state index in [1.807, 2.05) is 27.7 Å². The van der Waals surface area contributed by atoms with Crippen LogP contribution in [-0.2, 0) is 38.7 Å². The van der Waals surface area contributed by atoms with Crippen molar-refractivity contribution in [3.63, 3.8) is 0 Å². The van der Waals surface area contributed by atoms with E-state index in [0.29, 0.717) is 0 Å². The van der Waals surface area contributed by atoms with Crippen molar-refractivity contribution < 1.29 is 59.1 Å². The maximum Gasteiger partial charge on any atom is 0.331 e. The molecule has 138 valence electrons. The van der Waals surface area contributed by atoms with Crippen molar-refractivity contribution in [2.75, 3.05) is 0 Å². The quantitative estimate of drug-likeness (QED) is 0.352. The predicted octanol–water partition coefficient (Wildman–Crippen LogP) is 2.25. The SMILES string of the molecule is CC(C)C/C(=C/C(=O)O)C(=O)O.CC(C)C/C(=C/C(=O)O)C(=O)O.[Zn]. The first-order valence-electron chi connectivity index (χ1n) is 7.20. The van der Waals surface area contributed by atoms with Crippen molar-refractivity contribution in [2.24, 2.45) is 11.8 Å². The van der Waals surface area contributed by atoms with Crippen LogP contribution in [0.25, 0.3) is 0 Å². The van der Waals surface area contributed by atoms with Crippen LogP contribution in [0.3, 0.4) is 0 Å². The Morgan fingerprint density at radius 2 is 0.920 bits per heavy atom. The molecule has 9 heteroatoms. The minimum atomic E-state index is -1.21. The van der Waals surface area contributed by atoms with Crippen LogP contribution in [0, 0.1) is 11.8 Å². The zero-order valence-electron chi connectivity index (χ0n) is 14.9. The molecule has 0 bridgehead atoms. The molecular weight excluding hydrogens is 386 g/mol. The van der Waals surface area contributed by atoms with Crippen LogP contribution in [0.1, 0.15) is 40.5 Å². The first-order valence-corrected chi connectivity index (χ1v) is 7.20. The van der Waals surface area contributed by atoms with E-state index in [1.165, 1.54) is 0 Å². The summed E-state index contributed by atoms with van der Waals surface area (Å²) < 4.78 is 0. The van der Waals surface area contributed by atoms with Gasteiger partial charge in [0, 0.05) is 42.8 Å². The summed E-state index contributed by atoms with van der Waals surface area (Å²) in [7, 11) is 0. The standard InChI is InChI=1S/2C8H12O4.Zn/c2*1-5(2)3-6(8(11)12)4-7(9)10;/h2*4-5H,3H2,1-2H3,(H,9,10)(H,11,12);/b2*6-4-;. The van der Waals surface area contributed by atoms with Crippen molar-refractivity contribution >= 4 is 23.9 Å². The molecule has 0 heterocycles. The zero-order valence-corrected chi connectivity index (χ0v) is 17.8. The van der Waals surface area contributed by atoms with Gasteiger partial charge in [-0.25, -0.2) is 19.2 Å². The summed E-state index contributed by atoms with van der Waals surface area (Å²) >= 11 is 0. The van der Waals surface area contributed by atoms with Crippen molar-refractivity contribution in [1.29, 1.82) is 0 Å². The molecule has 0 saturated heterocycles. The molecule has 25 heavy (non-hydrogen) atoms. The fourth-order valence-corrected chi connectivity index (χ4v) is 1.59. The Hall–Kier alpha value is -2.02. The summed E-state index contributed by atoms with van der Waals surface area (Å²) in [5.74, 6) is -4.46. The van der Waals surface area contributed by atoms with E-state index < -0.39 is 23.9 Å². The summed E-state index contributed by atoms with van der Waals surface area (Å²) in [6.45, 7) is 7.33. The number of hydrogen-bond donors (Lipinski definition) is 4. The third-order valence-corrected chi connectivity index (χ3v) is 2.40. The molecule has 0 atom stereocenters. The van der Waals surface area contributed by atoms with Crippen LogP contribution in [0.5, 0.6) is 0 Å². The van der Waals surface area contributed by atoms with E-state index in [0.717, 1.165) is 12.2 Å². The van der Waals surface area contributed by atoms with Gasteiger partial charge in [0.25, 0.3) is 0 Å². The van der Waals surface area contributed by atoms with Crippen molar-refractivity contribution in [3.05, 3.63) is 23.3 Å². The monoisotopic (exact) mass is 408 g/mol. The van der Waals surface area contributed by atoms with E-state index >= 15 is 0 Å². The summed E-state index contributed by atoms with van der Waals surface area (Å²) in [5, 5.41) is 33.7. The van der Waals surface area contributed by atoms with Gasteiger partial charge < -0.3 is 20.4 Å². The number of carbonyl (C=O) groups is 4. The Labute approximate surface area is 159 Å². The molecule has 0 fully saturated rings. The second-order valence-corrected chi connectivity index (χ2v) is 5.82. The number of hydrogen-bond acceptors (Lipinski definition) is 4. The molecule has 0 aliphatic rings. The molecule has 0 spiro atoms. The number of aliphatic carboxylic acids is 4. The molecule has 4 N–H and O–H groups in total. The van der Waals surface area contributed by atoms with Gasteiger partial charge in [0.05, 0.1) is 0 Å². The molecule has 0 aromatic heterocycles. The van der Waals surface area contributed by atoms with Crippen LogP contribution in [-0.4, -0.2) is 44.3 Å². The molecular formula is C16H24O8Zn. The first kappa shape index (κ1) is 27.8. The Morgan fingerprint density at radius 3 is 1.04 bits per heavy atom. The second-order valence-electron chi connectivity index (χ2n) is 5.82. The van der Waals surface area contributed by atoms with Crippen LogP contribution >= 0.6 is 0 Å². The fraction of sp³-hybridized carbons (Fsp3) is 0.500. The first-order chi connectivity index (χ1) is 10.9. The second kappa shape index (κ2) is 14.3. The molecule has 0 aliphatic heterocycles. The summed E-state index contributed by atoms with van der Waals surface area (Å²) in [6, 6.07) is 0. The van der Waals surface area contributed by atoms with Crippen LogP contribution < -0.4 is 0 Å². The fourth-order valence-electron chi connectivity index (χ4n) is 1.59. The summed E-state index contributed by atoms with van der Waals surface area (Å²) in [4.78, 5) is 41.2. The van der Waals surface area contributed by atoms with Gasteiger partial charge in [-0.2, -0.15) is 0 Å². The minimum Gasteiger partial charge on any atom is -0.478 e. The average Bonchev–Trinajstić information content (AvgIpc) is 2.35. The van der Waals surface area contributed by atoms with Crippen LogP contribution in [0.15, 0.2) is 23.3 Å². The van der Waals surface area contributed by atoms with Gasteiger partial charge >= 0.3 is 23.9 Å². The van der Waals surface area contributed by atoms with Gasteiger partial charge in [-0.15, -0.1) is 0 Å². The summed E-state index contributed by atoms with van der Waals surface area (Å²) in [6.07, 6.45) is 2.04. The molecule has 0 aliphatic carbocycles. The third kappa shape index (κ3) is 18.2. The van der Waals surface area contributed by atoms with E-state index in [-0.39, 0.29) is 55.3 Å². The Balaban J connectivity index is -0.000000372. The molecule has 0 radical (unpaired) electrons. The summed E-state index contributed by atoms with van der Waals surface area (Å²) in [5.41, 5.74) is -0.116. The van der Waals surface area contributed by atoms with Crippen LogP contribution in [0.4, 0.5) is 0 Å². The molecule has 0 rings (SSSR count). The maximum absolute atomic E-state index is 10.4. The predicted molar refractivity (Wildman–Crippen MR) is 85.6 cm³/mol. The molecule has 0 amide bonds. The number of rotatable bonds is 8. The zero-order chi connectivity index (χ0) is 19.4. The van der Waals surface area contributed by atoms with E-state index in [2.05, 4.69) is 0 Å². The normalized spacial score (nSPS) is 11.3. The smallest absolute Gasteiger partial charge is 0.331 e. The van der Waals surface area contributed by atoms with Crippen molar-refractivity contribution in [1.82, 2.24) is 0 Å². The molecule has 0 aromatic carbocycles. The Bertz CT molecular complexity index is 484.